The van der Waals surface area contributed by atoms with Crippen molar-refractivity contribution >= 4 is 33.2 Å². The topological polar surface area (TPSA) is 59.1 Å². The fraction of sp³-hybridized carbons (Fsp3) is 0.214. The molecule has 0 amide bonds. The second-order valence-corrected chi connectivity index (χ2v) is 7.17. The molecule has 2 rings (SSSR count). The first-order valence-corrected chi connectivity index (χ1v) is 8.63. The van der Waals surface area contributed by atoms with Crippen LogP contribution in [0.15, 0.2) is 42.6 Å². The maximum Gasteiger partial charge on any atom is 0.216 e. The lowest BCUT2D eigenvalue weighted by Gasteiger charge is -2.14. The lowest BCUT2D eigenvalue weighted by Crippen LogP contribution is -2.28. The fourth-order valence-corrected chi connectivity index (χ4v) is 3.53. The van der Waals surface area contributed by atoms with Crippen LogP contribution in [0.3, 0.4) is 0 Å². The van der Waals surface area contributed by atoms with Crippen molar-refractivity contribution in [3.8, 4) is 0 Å². The molecule has 1 unspecified atom stereocenters. The third kappa shape index (κ3) is 4.68. The Kier molecular flexibility index (Phi) is 5.22. The number of rotatable bonds is 5. The Hall–Kier alpha value is -1.14. The van der Waals surface area contributed by atoms with E-state index < -0.39 is 16.1 Å². The van der Waals surface area contributed by atoms with E-state index in [2.05, 4.69) is 9.71 Å². The van der Waals surface area contributed by atoms with Crippen LogP contribution in [0, 0.1) is 0 Å². The molecule has 0 aliphatic carbocycles. The van der Waals surface area contributed by atoms with Crippen LogP contribution in [0.5, 0.6) is 0 Å². The number of nitrogens with one attached hydrogen (secondary N) is 1. The van der Waals surface area contributed by atoms with Gasteiger partial charge in [0.15, 0.2) is 0 Å². The zero-order valence-electron chi connectivity index (χ0n) is 11.3. The van der Waals surface area contributed by atoms with Crippen LogP contribution in [-0.2, 0) is 15.8 Å². The molecule has 0 saturated carbocycles. The molecule has 0 spiro atoms. The van der Waals surface area contributed by atoms with Gasteiger partial charge in [0.1, 0.15) is 0 Å². The van der Waals surface area contributed by atoms with Gasteiger partial charge < -0.3 is 0 Å². The number of aromatic nitrogens is 1. The summed E-state index contributed by atoms with van der Waals surface area (Å²) in [5, 5.41) is 0.731. The molecule has 7 heteroatoms. The molecule has 112 valence electrons. The van der Waals surface area contributed by atoms with E-state index >= 15 is 0 Å². The van der Waals surface area contributed by atoms with Crippen molar-refractivity contribution in [3.63, 3.8) is 0 Å². The van der Waals surface area contributed by atoms with Gasteiger partial charge in [-0.15, -0.1) is 0 Å². The quantitative estimate of drug-likeness (QED) is 0.901. The molecule has 1 aromatic heterocycles. The Morgan fingerprint density at radius 3 is 2.57 bits per heavy atom. The Morgan fingerprint density at radius 1 is 1.19 bits per heavy atom. The number of nitrogens with zero attached hydrogens (tertiary/aromatic N) is 1. The first-order chi connectivity index (χ1) is 9.87. The molecule has 1 N–H and O–H groups in total. The number of sulfonamides is 1. The average Bonchev–Trinajstić information content (AvgIpc) is 2.43. The predicted octanol–water partition coefficient (Wildman–Crippen LogP) is 3.57. The van der Waals surface area contributed by atoms with Gasteiger partial charge in [0.25, 0.3) is 0 Å². The first kappa shape index (κ1) is 16.2. The second-order valence-electron chi connectivity index (χ2n) is 4.60. The lowest BCUT2D eigenvalue weighted by molar-refractivity contribution is 0.563. The van der Waals surface area contributed by atoms with Crippen LogP contribution in [0.1, 0.15) is 24.2 Å². The summed E-state index contributed by atoms with van der Waals surface area (Å²) in [6.07, 6.45) is 1.62. The zero-order chi connectivity index (χ0) is 15.5. The average molecular weight is 345 g/mol. The molecule has 0 bridgehead atoms. The minimum absolute atomic E-state index is 0.166. The Balaban J connectivity index is 2.10. The molecule has 1 heterocycles. The van der Waals surface area contributed by atoms with Gasteiger partial charge in [-0.05, 0) is 36.8 Å². The van der Waals surface area contributed by atoms with Crippen molar-refractivity contribution in [1.29, 1.82) is 0 Å². The highest BCUT2D eigenvalue weighted by Crippen LogP contribution is 2.23. The number of hydrogen-bond acceptors (Lipinski definition) is 3. The standard InChI is InChI=1S/C14H14Cl2N2O2S/c1-10(14-4-2-3-7-17-14)18-21(19,20)9-11-5-6-12(15)13(16)8-11/h2-8,10,18H,9H2,1H3. The van der Waals surface area contributed by atoms with Gasteiger partial charge in [-0.25, -0.2) is 13.1 Å². The van der Waals surface area contributed by atoms with Crippen molar-refractivity contribution in [2.24, 2.45) is 0 Å². The van der Waals surface area contributed by atoms with E-state index in [-0.39, 0.29) is 5.75 Å². The van der Waals surface area contributed by atoms with Gasteiger partial charge in [0.2, 0.25) is 10.0 Å². The van der Waals surface area contributed by atoms with Crippen molar-refractivity contribution in [2.45, 2.75) is 18.7 Å². The minimum atomic E-state index is -3.50. The van der Waals surface area contributed by atoms with Crippen molar-refractivity contribution < 1.29 is 8.42 Å². The number of halogens is 2. The SMILES string of the molecule is CC(NS(=O)(=O)Cc1ccc(Cl)c(Cl)c1)c1ccccn1. The number of hydrogen-bond donors (Lipinski definition) is 1. The highest BCUT2D eigenvalue weighted by Gasteiger charge is 2.17. The molecule has 21 heavy (non-hydrogen) atoms. The Labute approximate surface area is 134 Å². The Morgan fingerprint density at radius 2 is 1.95 bits per heavy atom. The highest BCUT2D eigenvalue weighted by atomic mass is 35.5. The van der Waals surface area contributed by atoms with Gasteiger partial charge >= 0.3 is 0 Å². The van der Waals surface area contributed by atoms with E-state index in [0.29, 0.717) is 21.3 Å². The van der Waals surface area contributed by atoms with E-state index in [9.17, 15) is 8.42 Å². The molecule has 2 aromatic rings. The molecule has 4 nitrogen and oxygen atoms in total. The minimum Gasteiger partial charge on any atom is -0.260 e. The lowest BCUT2D eigenvalue weighted by atomic mass is 10.2. The normalized spacial score (nSPS) is 13.1. The van der Waals surface area contributed by atoms with Crippen molar-refractivity contribution in [1.82, 2.24) is 9.71 Å². The van der Waals surface area contributed by atoms with E-state index in [0.717, 1.165) is 0 Å². The van der Waals surface area contributed by atoms with Gasteiger partial charge in [0, 0.05) is 6.20 Å². The zero-order valence-corrected chi connectivity index (χ0v) is 13.6. The summed E-state index contributed by atoms with van der Waals surface area (Å²) < 4.78 is 26.9. The van der Waals surface area contributed by atoms with Crippen molar-refractivity contribution in [3.05, 3.63) is 63.9 Å². The summed E-state index contributed by atoms with van der Waals surface area (Å²) >= 11 is 11.7. The molecular formula is C14H14Cl2N2O2S. The maximum atomic E-state index is 12.2. The van der Waals surface area contributed by atoms with Crippen molar-refractivity contribution in [2.75, 3.05) is 0 Å². The summed E-state index contributed by atoms with van der Waals surface area (Å²) in [5.74, 6) is -0.166. The highest BCUT2D eigenvalue weighted by molar-refractivity contribution is 7.88. The molecule has 0 aliphatic heterocycles. The van der Waals surface area contributed by atoms with Gasteiger partial charge in [-0.3, -0.25) is 4.98 Å². The van der Waals surface area contributed by atoms with E-state index in [1.54, 1.807) is 43.5 Å². The maximum absolute atomic E-state index is 12.2. The van der Waals surface area contributed by atoms with Crippen LogP contribution in [0.25, 0.3) is 0 Å². The molecular weight excluding hydrogens is 331 g/mol. The van der Waals surface area contributed by atoms with Crippen LogP contribution in [0.2, 0.25) is 10.0 Å². The number of benzene rings is 1. The molecule has 0 aliphatic rings. The van der Waals surface area contributed by atoms with Crippen LogP contribution in [0.4, 0.5) is 0 Å². The summed E-state index contributed by atoms with van der Waals surface area (Å²) in [4.78, 5) is 4.13. The van der Waals surface area contributed by atoms with E-state index in [1.807, 2.05) is 6.07 Å². The van der Waals surface area contributed by atoms with Gasteiger partial charge in [-0.1, -0.05) is 35.3 Å². The predicted molar refractivity (Wildman–Crippen MR) is 84.9 cm³/mol. The largest absolute Gasteiger partial charge is 0.260 e. The van der Waals surface area contributed by atoms with E-state index in [4.69, 9.17) is 23.2 Å². The third-order valence-corrected chi connectivity index (χ3v) is 4.99. The van der Waals surface area contributed by atoms with Crippen LogP contribution in [-0.4, -0.2) is 13.4 Å². The van der Waals surface area contributed by atoms with Gasteiger partial charge in [0.05, 0.1) is 27.5 Å². The summed E-state index contributed by atoms with van der Waals surface area (Å²) in [5.41, 5.74) is 1.24. The Bertz CT molecular complexity index is 721. The monoisotopic (exact) mass is 344 g/mol. The second kappa shape index (κ2) is 6.75. The molecule has 1 aromatic carbocycles. The summed E-state index contributed by atoms with van der Waals surface area (Å²) in [6.45, 7) is 1.74. The molecule has 0 fully saturated rings. The summed E-state index contributed by atoms with van der Waals surface area (Å²) in [7, 11) is -3.50. The first-order valence-electron chi connectivity index (χ1n) is 6.22. The molecule has 0 radical (unpaired) electrons. The molecule has 0 saturated heterocycles. The van der Waals surface area contributed by atoms with E-state index in [1.165, 1.54) is 0 Å². The van der Waals surface area contributed by atoms with Crippen LogP contribution < -0.4 is 4.72 Å². The molecule has 1 atom stereocenters. The fourth-order valence-electron chi connectivity index (χ4n) is 1.85. The third-order valence-electron chi connectivity index (χ3n) is 2.83. The number of pyridine rings is 1. The smallest absolute Gasteiger partial charge is 0.216 e. The van der Waals surface area contributed by atoms with Gasteiger partial charge in [-0.2, -0.15) is 0 Å². The van der Waals surface area contributed by atoms with Crippen LogP contribution >= 0.6 is 23.2 Å². The summed E-state index contributed by atoms with van der Waals surface area (Å²) in [6, 6.07) is 9.72.